The minimum absolute atomic E-state index is 0.0110. The van der Waals surface area contributed by atoms with Crippen molar-refractivity contribution in [2.75, 3.05) is 11.4 Å². The van der Waals surface area contributed by atoms with Crippen molar-refractivity contribution in [2.24, 2.45) is 0 Å². The highest BCUT2D eigenvalue weighted by Gasteiger charge is 2.41. The number of carbonyl (C=O) groups excluding carboxylic acids is 1. The van der Waals surface area contributed by atoms with Gasteiger partial charge < -0.3 is 10.2 Å². The van der Waals surface area contributed by atoms with Gasteiger partial charge in [-0.2, -0.15) is 0 Å². The van der Waals surface area contributed by atoms with Crippen LogP contribution >= 0.6 is 11.6 Å². The molecule has 0 radical (unpaired) electrons. The maximum atomic E-state index is 12.1. The van der Waals surface area contributed by atoms with E-state index >= 15 is 0 Å². The molecule has 0 saturated carbocycles. The van der Waals surface area contributed by atoms with Crippen LogP contribution in [0.1, 0.15) is 36.5 Å². The van der Waals surface area contributed by atoms with Gasteiger partial charge in [0.15, 0.2) is 0 Å². The SMILES string of the molecule is CC12CCCCN1c1ccc(Cl)cc1C(=O)N2. The molecule has 0 spiro atoms. The summed E-state index contributed by atoms with van der Waals surface area (Å²) in [6, 6.07) is 5.56. The zero-order chi connectivity index (χ0) is 12.0. The summed E-state index contributed by atoms with van der Waals surface area (Å²) in [4.78, 5) is 14.4. The first-order chi connectivity index (χ1) is 8.10. The van der Waals surface area contributed by atoms with E-state index in [2.05, 4.69) is 17.1 Å². The highest BCUT2D eigenvalue weighted by molar-refractivity contribution is 6.31. The second-order valence-corrected chi connectivity index (χ2v) is 5.43. The van der Waals surface area contributed by atoms with Gasteiger partial charge in [-0.05, 0) is 44.4 Å². The Balaban J connectivity index is 2.13. The molecule has 0 bridgehead atoms. The highest BCUT2D eigenvalue weighted by Crippen LogP contribution is 2.37. The fourth-order valence-electron chi connectivity index (χ4n) is 2.87. The van der Waals surface area contributed by atoms with Crippen LogP contribution in [0.2, 0.25) is 5.02 Å². The lowest BCUT2D eigenvalue weighted by Gasteiger charge is -2.50. The largest absolute Gasteiger partial charge is 0.348 e. The van der Waals surface area contributed by atoms with Gasteiger partial charge in [-0.3, -0.25) is 4.79 Å². The van der Waals surface area contributed by atoms with Gasteiger partial charge in [-0.15, -0.1) is 0 Å². The van der Waals surface area contributed by atoms with Crippen LogP contribution in [0.3, 0.4) is 0 Å². The third-order valence-corrected chi connectivity index (χ3v) is 4.00. The van der Waals surface area contributed by atoms with Crippen LogP contribution in [0.4, 0.5) is 5.69 Å². The average Bonchev–Trinajstić information content (AvgIpc) is 2.29. The van der Waals surface area contributed by atoms with Gasteiger partial charge in [0.05, 0.1) is 11.3 Å². The monoisotopic (exact) mass is 250 g/mol. The molecule has 3 nitrogen and oxygen atoms in total. The standard InChI is InChI=1S/C13H15ClN2O/c1-13-6-2-3-7-16(13)11-5-4-9(14)8-10(11)12(17)15-13/h4-5,8H,2-3,6-7H2,1H3,(H,15,17). The number of piperidine rings is 1. The van der Waals surface area contributed by atoms with Gasteiger partial charge in [0.25, 0.3) is 5.91 Å². The summed E-state index contributed by atoms with van der Waals surface area (Å²) in [6.07, 6.45) is 3.34. The van der Waals surface area contributed by atoms with Crippen LogP contribution in [0.15, 0.2) is 18.2 Å². The second kappa shape index (κ2) is 3.64. The van der Waals surface area contributed by atoms with E-state index in [-0.39, 0.29) is 11.6 Å². The van der Waals surface area contributed by atoms with Crippen LogP contribution in [-0.2, 0) is 0 Å². The number of hydrogen-bond acceptors (Lipinski definition) is 2. The number of hydrogen-bond donors (Lipinski definition) is 1. The summed E-state index contributed by atoms with van der Waals surface area (Å²) in [6.45, 7) is 3.09. The molecule has 2 heterocycles. The normalized spacial score (nSPS) is 27.2. The molecule has 1 aromatic rings. The maximum Gasteiger partial charge on any atom is 0.255 e. The predicted molar refractivity (Wildman–Crippen MR) is 68.5 cm³/mol. The molecule has 1 atom stereocenters. The molecule has 0 aliphatic carbocycles. The van der Waals surface area contributed by atoms with E-state index in [0.29, 0.717) is 10.6 Å². The molecule has 1 fully saturated rings. The first-order valence-electron chi connectivity index (χ1n) is 6.00. The Morgan fingerprint density at radius 1 is 1.41 bits per heavy atom. The number of rotatable bonds is 0. The molecule has 3 rings (SSSR count). The summed E-state index contributed by atoms with van der Waals surface area (Å²) in [7, 11) is 0. The predicted octanol–water partition coefficient (Wildman–Crippen LogP) is 2.79. The van der Waals surface area contributed by atoms with Crippen molar-refractivity contribution in [1.29, 1.82) is 0 Å². The summed E-state index contributed by atoms with van der Waals surface area (Å²) in [5.41, 5.74) is 1.48. The van der Waals surface area contributed by atoms with E-state index in [4.69, 9.17) is 11.6 Å². The molecule has 2 aliphatic heterocycles. The van der Waals surface area contributed by atoms with Crippen LogP contribution in [0.5, 0.6) is 0 Å². The lowest BCUT2D eigenvalue weighted by Crippen LogP contribution is -2.64. The molecule has 0 aromatic heterocycles. The van der Waals surface area contributed by atoms with E-state index in [9.17, 15) is 4.79 Å². The van der Waals surface area contributed by atoms with Crippen LogP contribution < -0.4 is 10.2 Å². The summed E-state index contributed by atoms with van der Waals surface area (Å²) in [5, 5.41) is 3.72. The Bertz CT molecular complexity index is 488. The molecule has 1 amide bonds. The van der Waals surface area contributed by atoms with Crippen molar-refractivity contribution in [3.8, 4) is 0 Å². The topological polar surface area (TPSA) is 32.3 Å². The maximum absolute atomic E-state index is 12.1. The van der Waals surface area contributed by atoms with Crippen molar-refractivity contribution in [2.45, 2.75) is 31.8 Å². The smallest absolute Gasteiger partial charge is 0.255 e. The van der Waals surface area contributed by atoms with Crippen molar-refractivity contribution in [3.63, 3.8) is 0 Å². The first-order valence-corrected chi connectivity index (χ1v) is 6.38. The van der Waals surface area contributed by atoms with Gasteiger partial charge >= 0.3 is 0 Å². The number of carbonyl (C=O) groups is 1. The van der Waals surface area contributed by atoms with E-state index in [1.165, 1.54) is 6.42 Å². The molecule has 17 heavy (non-hydrogen) atoms. The number of nitrogens with one attached hydrogen (secondary N) is 1. The lowest BCUT2D eigenvalue weighted by atomic mass is 9.91. The molecule has 90 valence electrons. The Labute approximate surface area is 106 Å². The summed E-state index contributed by atoms with van der Waals surface area (Å²) < 4.78 is 0. The molecule has 4 heteroatoms. The van der Waals surface area contributed by atoms with E-state index < -0.39 is 0 Å². The number of anilines is 1. The third-order valence-electron chi connectivity index (χ3n) is 3.77. The zero-order valence-electron chi connectivity index (χ0n) is 9.79. The molecule has 1 aromatic carbocycles. The molecular formula is C13H15ClN2O. The zero-order valence-corrected chi connectivity index (χ0v) is 10.5. The van der Waals surface area contributed by atoms with E-state index in [1.807, 2.05) is 12.1 Å². The van der Waals surface area contributed by atoms with Crippen molar-refractivity contribution < 1.29 is 4.79 Å². The van der Waals surface area contributed by atoms with Crippen LogP contribution in [0.25, 0.3) is 0 Å². The van der Waals surface area contributed by atoms with Gasteiger partial charge in [-0.1, -0.05) is 11.6 Å². The fraction of sp³-hybridized carbons (Fsp3) is 0.462. The average molecular weight is 251 g/mol. The molecule has 1 N–H and O–H groups in total. The van der Waals surface area contributed by atoms with Gasteiger partial charge in [0, 0.05) is 11.6 Å². The highest BCUT2D eigenvalue weighted by atomic mass is 35.5. The Morgan fingerprint density at radius 2 is 2.24 bits per heavy atom. The summed E-state index contributed by atoms with van der Waals surface area (Å²) >= 11 is 5.95. The summed E-state index contributed by atoms with van der Waals surface area (Å²) in [5.74, 6) is -0.0110. The van der Waals surface area contributed by atoms with E-state index in [1.54, 1.807) is 6.07 Å². The molecule has 2 aliphatic rings. The van der Waals surface area contributed by atoms with Gasteiger partial charge in [-0.25, -0.2) is 0 Å². The fourth-order valence-corrected chi connectivity index (χ4v) is 3.05. The van der Waals surface area contributed by atoms with Crippen LogP contribution in [0, 0.1) is 0 Å². The lowest BCUT2D eigenvalue weighted by molar-refractivity contribution is 0.0871. The number of nitrogens with zero attached hydrogens (tertiary/aromatic N) is 1. The number of amides is 1. The minimum Gasteiger partial charge on any atom is -0.348 e. The number of benzene rings is 1. The minimum atomic E-state index is -0.226. The molecular weight excluding hydrogens is 236 g/mol. The van der Waals surface area contributed by atoms with Gasteiger partial charge in [0.1, 0.15) is 5.66 Å². The quantitative estimate of drug-likeness (QED) is 0.768. The Kier molecular flexibility index (Phi) is 2.33. The first kappa shape index (κ1) is 10.9. The van der Waals surface area contributed by atoms with Gasteiger partial charge in [0.2, 0.25) is 0 Å². The molecule has 1 unspecified atom stereocenters. The Morgan fingerprint density at radius 3 is 3.06 bits per heavy atom. The number of fused-ring (bicyclic) bond motifs is 3. The van der Waals surface area contributed by atoms with E-state index in [0.717, 1.165) is 25.1 Å². The second-order valence-electron chi connectivity index (χ2n) is 5.00. The molecule has 1 saturated heterocycles. The van der Waals surface area contributed by atoms with Crippen LogP contribution in [-0.4, -0.2) is 18.1 Å². The van der Waals surface area contributed by atoms with Crippen molar-refractivity contribution in [3.05, 3.63) is 28.8 Å². The van der Waals surface area contributed by atoms with Crippen molar-refractivity contribution >= 4 is 23.2 Å². The number of halogens is 1. The third kappa shape index (κ3) is 1.61. The van der Waals surface area contributed by atoms with Crippen molar-refractivity contribution in [1.82, 2.24) is 5.32 Å². The Hall–Kier alpha value is -1.22.